The van der Waals surface area contributed by atoms with E-state index in [-0.39, 0.29) is 11.7 Å². The van der Waals surface area contributed by atoms with Crippen molar-refractivity contribution in [2.24, 2.45) is 5.92 Å². The minimum atomic E-state index is -0.590. The summed E-state index contributed by atoms with van der Waals surface area (Å²) in [5, 5.41) is 9.23. The average Bonchev–Trinajstić information content (AvgIpc) is 2.17. The van der Waals surface area contributed by atoms with Crippen molar-refractivity contribution in [2.45, 2.75) is 20.0 Å². The first-order chi connectivity index (χ1) is 6.13. The lowest BCUT2D eigenvalue weighted by Crippen LogP contribution is -2.22. The molecule has 1 rings (SSSR count). The molecule has 70 valence electrons. The molecule has 0 aliphatic carbocycles. The molecule has 0 aliphatic rings. The molecule has 1 N–H and O–H groups in total. The summed E-state index contributed by atoms with van der Waals surface area (Å²) in [6.45, 7) is 3.37. The van der Waals surface area contributed by atoms with E-state index in [9.17, 15) is 9.90 Å². The average molecular weight is 178 g/mol. The van der Waals surface area contributed by atoms with Crippen LogP contribution in [0.3, 0.4) is 0 Å². The fourth-order valence-corrected chi connectivity index (χ4v) is 1.08. The molecule has 0 bridgehead atoms. The zero-order valence-electron chi connectivity index (χ0n) is 7.90. The van der Waals surface area contributed by atoms with Crippen molar-refractivity contribution in [3.63, 3.8) is 0 Å². The van der Waals surface area contributed by atoms with E-state index in [2.05, 4.69) is 0 Å². The van der Waals surface area contributed by atoms with Crippen molar-refractivity contribution in [1.29, 1.82) is 0 Å². The minimum absolute atomic E-state index is 0.00407. The van der Waals surface area contributed by atoms with Crippen LogP contribution in [0.15, 0.2) is 30.3 Å². The molecule has 0 spiro atoms. The fraction of sp³-hybridized carbons (Fsp3) is 0.364. The van der Waals surface area contributed by atoms with Crippen LogP contribution in [0.4, 0.5) is 0 Å². The monoisotopic (exact) mass is 178 g/mol. The predicted octanol–water partition coefficient (Wildman–Crippen LogP) is 1.89. The number of carbonyl (C=O) groups is 1. The maximum Gasteiger partial charge on any atom is 0.168 e. The number of Topliss-reactive ketones (excluding diaryl/α,β-unsaturated/α-hetero) is 1. The Kier molecular flexibility index (Phi) is 3.20. The van der Waals surface area contributed by atoms with E-state index in [4.69, 9.17) is 0 Å². The van der Waals surface area contributed by atoms with Gasteiger partial charge in [0.25, 0.3) is 0 Å². The second kappa shape index (κ2) is 4.19. The first-order valence-corrected chi connectivity index (χ1v) is 4.40. The summed E-state index contributed by atoms with van der Waals surface area (Å²) in [5.74, 6) is -0.335. The number of benzene rings is 1. The zero-order valence-corrected chi connectivity index (χ0v) is 7.90. The predicted molar refractivity (Wildman–Crippen MR) is 51.6 cm³/mol. The molecule has 1 aromatic carbocycles. The Bertz CT molecular complexity index is 277. The van der Waals surface area contributed by atoms with Gasteiger partial charge in [0.1, 0.15) is 0 Å². The van der Waals surface area contributed by atoms with Gasteiger partial charge in [0, 0.05) is 11.5 Å². The molecule has 0 radical (unpaired) electrons. The fourth-order valence-electron chi connectivity index (χ4n) is 1.08. The molecular formula is C11H14O2. The molecule has 13 heavy (non-hydrogen) atoms. The van der Waals surface area contributed by atoms with Crippen LogP contribution in [0.5, 0.6) is 0 Å². The van der Waals surface area contributed by atoms with E-state index in [0.29, 0.717) is 5.56 Å². The molecule has 0 amide bonds. The molecule has 1 aromatic rings. The Balaban J connectivity index is 2.80. The highest BCUT2D eigenvalue weighted by molar-refractivity contribution is 5.97. The highest BCUT2D eigenvalue weighted by Gasteiger charge is 2.18. The van der Waals surface area contributed by atoms with Gasteiger partial charge in [0.15, 0.2) is 5.78 Å². The molecule has 0 fully saturated rings. The topological polar surface area (TPSA) is 37.3 Å². The highest BCUT2D eigenvalue weighted by Crippen LogP contribution is 2.11. The van der Waals surface area contributed by atoms with Crippen molar-refractivity contribution in [3.05, 3.63) is 35.9 Å². The van der Waals surface area contributed by atoms with Crippen molar-refractivity contribution in [3.8, 4) is 0 Å². The first kappa shape index (κ1) is 9.93. The quantitative estimate of drug-likeness (QED) is 0.717. The zero-order chi connectivity index (χ0) is 9.84. The van der Waals surface area contributed by atoms with E-state index in [0.717, 1.165) is 0 Å². The van der Waals surface area contributed by atoms with E-state index >= 15 is 0 Å². The molecule has 0 aromatic heterocycles. The maximum atomic E-state index is 11.6. The van der Waals surface area contributed by atoms with Gasteiger partial charge in [0.05, 0.1) is 6.10 Å². The molecule has 0 unspecified atom stereocenters. The molecule has 0 saturated heterocycles. The maximum absolute atomic E-state index is 11.6. The van der Waals surface area contributed by atoms with Gasteiger partial charge in [-0.15, -0.1) is 0 Å². The second-order valence-electron chi connectivity index (χ2n) is 3.26. The van der Waals surface area contributed by atoms with Crippen molar-refractivity contribution < 1.29 is 9.90 Å². The summed E-state index contributed by atoms with van der Waals surface area (Å²) in [6.07, 6.45) is -0.590. The summed E-state index contributed by atoms with van der Waals surface area (Å²) in [5.41, 5.74) is 0.663. The van der Waals surface area contributed by atoms with Crippen LogP contribution in [0, 0.1) is 5.92 Å². The van der Waals surface area contributed by atoms with Crippen LogP contribution in [0.25, 0.3) is 0 Å². The smallest absolute Gasteiger partial charge is 0.168 e. The first-order valence-electron chi connectivity index (χ1n) is 4.40. The third-order valence-electron chi connectivity index (χ3n) is 2.20. The lowest BCUT2D eigenvalue weighted by molar-refractivity contribution is 0.0759. The van der Waals surface area contributed by atoms with Gasteiger partial charge in [0.2, 0.25) is 0 Å². The van der Waals surface area contributed by atoms with Gasteiger partial charge >= 0.3 is 0 Å². The number of carbonyl (C=O) groups excluding carboxylic acids is 1. The largest absolute Gasteiger partial charge is 0.393 e. The standard InChI is InChI=1S/C11H14O2/c1-8(9(2)12)11(13)10-6-4-3-5-7-10/h3-9,12H,1-2H3/t8-,9-/m0/s1. The summed E-state index contributed by atoms with van der Waals surface area (Å²) >= 11 is 0. The Labute approximate surface area is 78.2 Å². The number of rotatable bonds is 3. The Morgan fingerprint density at radius 1 is 1.23 bits per heavy atom. The van der Waals surface area contributed by atoms with Gasteiger partial charge in [-0.05, 0) is 6.92 Å². The molecule has 0 saturated carbocycles. The number of ketones is 1. The van der Waals surface area contributed by atoms with E-state index in [1.54, 1.807) is 26.0 Å². The van der Waals surface area contributed by atoms with Crippen LogP contribution >= 0.6 is 0 Å². The van der Waals surface area contributed by atoms with Gasteiger partial charge in [-0.3, -0.25) is 4.79 Å². The molecule has 0 aliphatic heterocycles. The molecular weight excluding hydrogens is 164 g/mol. The van der Waals surface area contributed by atoms with Crippen LogP contribution in [0.2, 0.25) is 0 Å². The summed E-state index contributed by atoms with van der Waals surface area (Å²) in [6, 6.07) is 9.04. The molecule has 2 atom stereocenters. The van der Waals surface area contributed by atoms with Crippen LogP contribution in [-0.2, 0) is 0 Å². The van der Waals surface area contributed by atoms with Crippen molar-refractivity contribution >= 4 is 5.78 Å². The lowest BCUT2D eigenvalue weighted by atomic mass is 9.95. The summed E-state index contributed by atoms with van der Waals surface area (Å²) in [7, 11) is 0. The summed E-state index contributed by atoms with van der Waals surface area (Å²) < 4.78 is 0. The third kappa shape index (κ3) is 2.39. The lowest BCUT2D eigenvalue weighted by Gasteiger charge is -2.12. The van der Waals surface area contributed by atoms with Crippen molar-refractivity contribution in [1.82, 2.24) is 0 Å². The normalized spacial score (nSPS) is 15.0. The van der Waals surface area contributed by atoms with Gasteiger partial charge in [-0.2, -0.15) is 0 Å². The van der Waals surface area contributed by atoms with Gasteiger partial charge in [-0.25, -0.2) is 0 Å². The number of aliphatic hydroxyl groups is 1. The number of aliphatic hydroxyl groups excluding tert-OH is 1. The summed E-state index contributed by atoms with van der Waals surface area (Å²) in [4.78, 5) is 11.6. The van der Waals surface area contributed by atoms with E-state index in [1.165, 1.54) is 0 Å². The van der Waals surface area contributed by atoms with E-state index < -0.39 is 6.10 Å². The van der Waals surface area contributed by atoms with Crippen LogP contribution in [-0.4, -0.2) is 17.0 Å². The number of hydrogen-bond acceptors (Lipinski definition) is 2. The Hall–Kier alpha value is -1.15. The molecule has 2 heteroatoms. The van der Waals surface area contributed by atoms with E-state index in [1.807, 2.05) is 18.2 Å². The highest BCUT2D eigenvalue weighted by atomic mass is 16.3. The SMILES string of the molecule is C[C@H](O)[C@H](C)C(=O)c1ccccc1. The minimum Gasteiger partial charge on any atom is -0.393 e. The molecule has 2 nitrogen and oxygen atoms in total. The van der Waals surface area contributed by atoms with Crippen LogP contribution in [0.1, 0.15) is 24.2 Å². The number of hydrogen-bond donors (Lipinski definition) is 1. The van der Waals surface area contributed by atoms with Gasteiger partial charge < -0.3 is 5.11 Å². The Morgan fingerprint density at radius 3 is 2.23 bits per heavy atom. The third-order valence-corrected chi connectivity index (χ3v) is 2.20. The van der Waals surface area contributed by atoms with Crippen LogP contribution < -0.4 is 0 Å². The Morgan fingerprint density at radius 2 is 1.77 bits per heavy atom. The second-order valence-corrected chi connectivity index (χ2v) is 3.26. The van der Waals surface area contributed by atoms with Gasteiger partial charge in [-0.1, -0.05) is 37.3 Å². The molecule has 0 heterocycles. The van der Waals surface area contributed by atoms with Crippen molar-refractivity contribution in [2.75, 3.05) is 0 Å².